The number of benzene rings is 7. The van der Waals surface area contributed by atoms with Crippen molar-refractivity contribution in [1.82, 2.24) is 0 Å². The fourth-order valence-electron chi connectivity index (χ4n) is 3.91. The van der Waals surface area contributed by atoms with Gasteiger partial charge in [0.1, 0.15) is 23.0 Å². The van der Waals surface area contributed by atoms with E-state index >= 15 is 0 Å². The quantitative estimate of drug-likeness (QED) is 0.0415. The number of phenolic OH excluding ortho intramolecular Hbond substituents is 4. The van der Waals surface area contributed by atoms with E-state index in [1.54, 1.807) is 109 Å². The molecule has 0 aliphatic rings. The van der Waals surface area contributed by atoms with Crippen molar-refractivity contribution >= 4 is 56.9 Å². The molecular weight excluding hydrogens is 733 g/mol. The minimum absolute atomic E-state index is 0.0880. The number of aryl methyl sites for hydroxylation is 2. The van der Waals surface area contributed by atoms with Crippen LogP contribution in [0.15, 0.2) is 158 Å². The Bertz CT molecular complexity index is 1990. The van der Waals surface area contributed by atoms with E-state index in [0.29, 0.717) is 22.7 Å². The summed E-state index contributed by atoms with van der Waals surface area (Å²) in [5.74, 6) is 0.571. The largest absolute Gasteiger partial charge is 0.508 e. The van der Waals surface area contributed by atoms with Crippen LogP contribution in [0.1, 0.15) is 11.1 Å². The molecular formula is C44H56N10O4. The first-order chi connectivity index (χ1) is 27.4. The number of anilines is 10. The molecule has 0 saturated carbocycles. The van der Waals surface area contributed by atoms with E-state index in [4.69, 9.17) is 77.8 Å². The van der Waals surface area contributed by atoms with Gasteiger partial charge in [-0.3, -0.25) is 0 Å². The maximum atomic E-state index is 8.79. The van der Waals surface area contributed by atoms with Crippen LogP contribution in [0.4, 0.5) is 56.9 Å². The zero-order chi connectivity index (χ0) is 43.6. The van der Waals surface area contributed by atoms with Crippen LogP contribution in [0.5, 0.6) is 23.0 Å². The molecule has 0 fully saturated rings. The van der Waals surface area contributed by atoms with E-state index in [9.17, 15) is 0 Å². The topological polar surface area (TPSA) is 341 Å². The van der Waals surface area contributed by atoms with Gasteiger partial charge < -0.3 is 77.8 Å². The second-order valence-electron chi connectivity index (χ2n) is 12.2. The van der Waals surface area contributed by atoms with Crippen LogP contribution >= 0.6 is 0 Å². The summed E-state index contributed by atoms with van der Waals surface area (Å²) < 4.78 is 0. The number of para-hydroxylation sites is 2. The normalized spacial score (nSPS) is 9.14. The Kier molecular flexibility index (Phi) is 21.2. The molecule has 0 aliphatic heterocycles. The maximum absolute atomic E-state index is 8.79. The number of phenols is 4. The minimum atomic E-state index is 0.0880. The lowest BCUT2D eigenvalue weighted by Crippen LogP contribution is -1.91. The summed E-state index contributed by atoms with van der Waals surface area (Å²) in [4.78, 5) is 0. The van der Waals surface area contributed by atoms with E-state index in [0.717, 1.165) is 45.3 Å². The van der Waals surface area contributed by atoms with E-state index in [1.165, 1.54) is 18.2 Å². The fourth-order valence-corrected chi connectivity index (χ4v) is 3.91. The van der Waals surface area contributed by atoms with Gasteiger partial charge in [-0.2, -0.15) is 0 Å². The number of hydrogen-bond donors (Lipinski definition) is 14. The average Bonchev–Trinajstić information content (AvgIpc) is 3.17. The Labute approximate surface area is 339 Å². The Balaban J connectivity index is 0.000000339. The van der Waals surface area contributed by atoms with Crippen molar-refractivity contribution in [1.29, 1.82) is 0 Å². The summed E-state index contributed by atoms with van der Waals surface area (Å²) in [6.07, 6.45) is 0. The van der Waals surface area contributed by atoms with Gasteiger partial charge in [0, 0.05) is 57.3 Å². The van der Waals surface area contributed by atoms with Crippen LogP contribution < -0.4 is 57.3 Å². The predicted octanol–water partition coefficient (Wildman–Crippen LogP) is 7.07. The highest BCUT2D eigenvalue weighted by atomic mass is 16.3. The molecule has 0 unspecified atom stereocenters. The van der Waals surface area contributed by atoms with Crippen molar-refractivity contribution in [3.8, 4) is 23.0 Å². The molecule has 0 radical (unpaired) electrons. The molecule has 58 heavy (non-hydrogen) atoms. The fraction of sp³-hybridized carbons (Fsp3) is 0.0455. The van der Waals surface area contributed by atoms with Gasteiger partial charge in [0.15, 0.2) is 0 Å². The highest BCUT2D eigenvalue weighted by molar-refractivity contribution is 5.55. The molecule has 0 amide bonds. The standard InChI is InChI=1S/2C7H10N2.2C6H8N2.2C6H7NO.C6H6O2/c2*1-5-4-6(8)2-3-7(5)9;7-5-1-2-6(8)4-3-5;7-5-2-1-3-6(8)4-5;7-5-1-3-6(8)4-2-5;7-5-3-1-2-4-6(5)8;7-5-2-1-3-6(8)4-5/h2*2-4H,8-9H2,1H3;2*1-4H,7-8H2;2*1-4,8H,7H2;1-4,7-8H. The van der Waals surface area contributed by atoms with Crippen molar-refractivity contribution in [2.75, 3.05) is 57.3 Å². The molecule has 0 heterocycles. The summed E-state index contributed by atoms with van der Waals surface area (Å²) in [6.45, 7) is 3.87. The van der Waals surface area contributed by atoms with Crippen LogP contribution in [0.3, 0.4) is 0 Å². The molecule has 0 spiro atoms. The first kappa shape index (κ1) is 47.8. The molecule has 0 saturated heterocycles. The van der Waals surface area contributed by atoms with Crippen LogP contribution in [0, 0.1) is 13.8 Å². The molecule has 24 N–H and O–H groups in total. The molecule has 14 nitrogen and oxygen atoms in total. The first-order valence-corrected chi connectivity index (χ1v) is 17.4. The molecule has 7 aromatic carbocycles. The maximum Gasteiger partial charge on any atom is 0.138 e. The van der Waals surface area contributed by atoms with Crippen LogP contribution in [-0.4, -0.2) is 20.4 Å². The Morgan fingerprint density at radius 2 is 0.621 bits per heavy atom. The van der Waals surface area contributed by atoms with Gasteiger partial charge in [0.05, 0.1) is 5.69 Å². The Morgan fingerprint density at radius 1 is 0.276 bits per heavy atom. The number of nitrogens with two attached hydrogens (primary N) is 10. The van der Waals surface area contributed by atoms with Crippen LogP contribution in [0.2, 0.25) is 0 Å². The third kappa shape index (κ3) is 22.1. The van der Waals surface area contributed by atoms with E-state index < -0.39 is 0 Å². The number of hydrogen-bond acceptors (Lipinski definition) is 14. The van der Waals surface area contributed by atoms with Crippen molar-refractivity contribution < 1.29 is 20.4 Å². The average molecular weight is 789 g/mol. The van der Waals surface area contributed by atoms with Gasteiger partial charge in [-0.15, -0.1) is 0 Å². The second kappa shape index (κ2) is 25.7. The molecule has 7 aromatic rings. The minimum Gasteiger partial charge on any atom is -0.508 e. The lowest BCUT2D eigenvalue weighted by Gasteiger charge is -1.98. The lowest BCUT2D eigenvalue weighted by atomic mass is 10.2. The van der Waals surface area contributed by atoms with E-state index in [-0.39, 0.29) is 23.0 Å². The van der Waals surface area contributed by atoms with Crippen molar-refractivity contribution in [3.63, 3.8) is 0 Å². The zero-order valence-corrected chi connectivity index (χ0v) is 32.6. The van der Waals surface area contributed by atoms with Crippen LogP contribution in [-0.2, 0) is 0 Å². The highest BCUT2D eigenvalue weighted by Gasteiger charge is 1.92. The molecule has 0 bridgehead atoms. The summed E-state index contributed by atoms with van der Waals surface area (Å²) in [5, 5.41) is 34.8. The molecule has 14 heteroatoms. The summed E-state index contributed by atoms with van der Waals surface area (Å²) >= 11 is 0. The van der Waals surface area contributed by atoms with Crippen molar-refractivity contribution in [2.45, 2.75) is 13.8 Å². The Hall–Kier alpha value is -8.26. The van der Waals surface area contributed by atoms with Crippen molar-refractivity contribution in [3.05, 3.63) is 169 Å². The van der Waals surface area contributed by atoms with Gasteiger partial charge in [-0.05, 0) is 152 Å². The van der Waals surface area contributed by atoms with Gasteiger partial charge in [0.25, 0.3) is 0 Å². The summed E-state index contributed by atoms with van der Waals surface area (Å²) in [7, 11) is 0. The van der Waals surface area contributed by atoms with Gasteiger partial charge in [-0.25, -0.2) is 0 Å². The monoisotopic (exact) mass is 788 g/mol. The number of aromatic hydroxyl groups is 4. The van der Waals surface area contributed by atoms with E-state index in [1.807, 2.05) is 44.2 Å². The van der Waals surface area contributed by atoms with Gasteiger partial charge >= 0.3 is 0 Å². The van der Waals surface area contributed by atoms with Crippen molar-refractivity contribution in [2.24, 2.45) is 0 Å². The molecule has 0 atom stereocenters. The SMILES string of the molecule is Cc1cc(N)ccc1N.Cc1cc(N)ccc1N.Nc1ccc(N)cc1.Nc1ccc(O)cc1.Nc1cccc(N)c1.Nc1ccccc1O.Oc1cccc(O)c1. The zero-order valence-electron chi connectivity index (χ0n) is 32.6. The summed E-state index contributed by atoms with van der Waals surface area (Å²) in [6, 6.07) is 44.1. The predicted molar refractivity (Wildman–Crippen MR) is 245 cm³/mol. The summed E-state index contributed by atoms with van der Waals surface area (Å²) in [5.41, 5.74) is 63.3. The van der Waals surface area contributed by atoms with Gasteiger partial charge in [0.2, 0.25) is 0 Å². The first-order valence-electron chi connectivity index (χ1n) is 17.4. The van der Waals surface area contributed by atoms with Crippen LogP contribution in [0.25, 0.3) is 0 Å². The number of nitrogen functional groups attached to an aromatic ring is 10. The lowest BCUT2D eigenvalue weighted by molar-refractivity contribution is 0.450. The molecule has 0 aliphatic carbocycles. The Morgan fingerprint density at radius 3 is 0.879 bits per heavy atom. The second-order valence-corrected chi connectivity index (χ2v) is 12.2. The van der Waals surface area contributed by atoms with Gasteiger partial charge in [-0.1, -0.05) is 24.3 Å². The van der Waals surface area contributed by atoms with E-state index in [2.05, 4.69) is 0 Å². The smallest absolute Gasteiger partial charge is 0.138 e. The third-order valence-corrected chi connectivity index (χ3v) is 7.09. The molecule has 0 aromatic heterocycles. The number of rotatable bonds is 0. The third-order valence-electron chi connectivity index (χ3n) is 7.09. The molecule has 306 valence electrons. The molecule has 7 rings (SSSR count). The highest BCUT2D eigenvalue weighted by Crippen LogP contribution is 2.17.